The van der Waals surface area contributed by atoms with E-state index < -0.39 is 18.3 Å². The first-order valence-corrected chi connectivity index (χ1v) is 7.63. The third-order valence-electron chi connectivity index (χ3n) is 3.16. The topological polar surface area (TPSA) is 69.7 Å². The fourth-order valence-corrected chi connectivity index (χ4v) is 1.95. The van der Waals surface area contributed by atoms with Crippen molar-refractivity contribution in [2.45, 2.75) is 13.0 Å². The molecule has 0 radical (unpaired) electrons. The van der Waals surface area contributed by atoms with Gasteiger partial charge in [0.05, 0.1) is 17.9 Å². The Balaban J connectivity index is 1.95. The molecule has 0 spiro atoms. The molecular weight excluding hydrogens is 353 g/mol. The molecule has 0 bridgehead atoms. The highest BCUT2D eigenvalue weighted by atomic mass is 19.3. The van der Waals surface area contributed by atoms with Gasteiger partial charge in [-0.1, -0.05) is 0 Å². The zero-order valence-corrected chi connectivity index (χ0v) is 13.9. The van der Waals surface area contributed by atoms with Gasteiger partial charge in [0, 0.05) is 38.5 Å². The highest BCUT2D eigenvalue weighted by Crippen LogP contribution is 2.22. The molecule has 0 aliphatic carbocycles. The van der Waals surface area contributed by atoms with Crippen molar-refractivity contribution < 1.29 is 32.2 Å². The molecule has 1 N–H and O–H groups in total. The van der Waals surface area contributed by atoms with Crippen molar-refractivity contribution >= 4 is 11.6 Å². The molecular formula is C17H17F3N2O4. The number of halogens is 3. The van der Waals surface area contributed by atoms with Crippen molar-refractivity contribution in [1.82, 2.24) is 4.98 Å². The number of amides is 1. The van der Waals surface area contributed by atoms with Crippen LogP contribution >= 0.6 is 0 Å². The summed E-state index contributed by atoms with van der Waals surface area (Å²) in [5, 5.41) is 2.33. The minimum atomic E-state index is -3.06. The number of rotatable bonds is 9. The maximum absolute atomic E-state index is 13.9. The first kappa shape index (κ1) is 19.5. The SMILES string of the molecule is COCCCOc1ccc(C(=O)Nc2ccc(OC(F)F)cc2F)cn1. The number of ether oxygens (including phenoxy) is 3. The van der Waals surface area contributed by atoms with E-state index in [9.17, 15) is 18.0 Å². The van der Waals surface area contributed by atoms with Crippen LogP contribution in [0.4, 0.5) is 18.9 Å². The lowest BCUT2D eigenvalue weighted by atomic mass is 10.2. The van der Waals surface area contributed by atoms with E-state index in [-0.39, 0.29) is 17.0 Å². The number of carbonyl (C=O) groups excluding carboxylic acids is 1. The van der Waals surface area contributed by atoms with Crippen molar-refractivity contribution in [2.75, 3.05) is 25.6 Å². The average Bonchev–Trinajstić information content (AvgIpc) is 2.61. The second kappa shape index (κ2) is 9.62. The lowest BCUT2D eigenvalue weighted by Crippen LogP contribution is -2.13. The first-order chi connectivity index (χ1) is 12.5. The third kappa shape index (κ3) is 5.92. The summed E-state index contributed by atoms with van der Waals surface area (Å²) in [6, 6.07) is 6.00. The minimum absolute atomic E-state index is 0.170. The smallest absolute Gasteiger partial charge is 0.387 e. The van der Waals surface area contributed by atoms with Gasteiger partial charge >= 0.3 is 6.61 Å². The van der Waals surface area contributed by atoms with Gasteiger partial charge < -0.3 is 19.5 Å². The van der Waals surface area contributed by atoms with Gasteiger partial charge in [0.1, 0.15) is 11.6 Å². The summed E-state index contributed by atoms with van der Waals surface area (Å²) in [4.78, 5) is 16.1. The highest BCUT2D eigenvalue weighted by molar-refractivity contribution is 6.04. The van der Waals surface area contributed by atoms with E-state index in [1.807, 2.05) is 0 Å². The number of hydrogen-bond donors (Lipinski definition) is 1. The van der Waals surface area contributed by atoms with E-state index in [0.29, 0.717) is 25.5 Å². The van der Waals surface area contributed by atoms with Crippen LogP contribution in [0.2, 0.25) is 0 Å². The molecule has 140 valence electrons. The molecule has 0 unspecified atom stereocenters. The molecule has 9 heteroatoms. The maximum Gasteiger partial charge on any atom is 0.387 e. The molecule has 1 heterocycles. The van der Waals surface area contributed by atoms with E-state index >= 15 is 0 Å². The fourth-order valence-electron chi connectivity index (χ4n) is 1.95. The molecule has 0 fully saturated rings. The van der Waals surface area contributed by atoms with Crippen LogP contribution in [0.1, 0.15) is 16.8 Å². The van der Waals surface area contributed by atoms with Crippen LogP contribution < -0.4 is 14.8 Å². The fraction of sp³-hybridized carbons (Fsp3) is 0.294. The summed E-state index contributed by atoms with van der Waals surface area (Å²) in [7, 11) is 1.59. The van der Waals surface area contributed by atoms with Gasteiger partial charge in [-0.25, -0.2) is 9.37 Å². The van der Waals surface area contributed by atoms with Crippen LogP contribution in [-0.2, 0) is 4.74 Å². The van der Waals surface area contributed by atoms with Gasteiger partial charge in [-0.15, -0.1) is 0 Å². The Kier molecular flexibility index (Phi) is 7.22. The molecule has 2 rings (SSSR count). The number of nitrogens with one attached hydrogen (secondary N) is 1. The van der Waals surface area contributed by atoms with Crippen molar-refractivity contribution in [1.29, 1.82) is 0 Å². The number of benzene rings is 1. The molecule has 1 aromatic heterocycles. The quantitative estimate of drug-likeness (QED) is 0.685. The van der Waals surface area contributed by atoms with Gasteiger partial charge in [0.15, 0.2) is 0 Å². The molecule has 0 aliphatic heterocycles. The van der Waals surface area contributed by atoms with Crippen molar-refractivity contribution in [3.8, 4) is 11.6 Å². The largest absolute Gasteiger partial charge is 0.478 e. The number of pyridine rings is 1. The normalized spacial score (nSPS) is 10.7. The van der Waals surface area contributed by atoms with Crippen molar-refractivity contribution in [2.24, 2.45) is 0 Å². The van der Waals surface area contributed by atoms with Crippen LogP contribution in [-0.4, -0.2) is 37.8 Å². The summed E-state index contributed by atoms with van der Waals surface area (Å²) in [5.74, 6) is -1.50. The number of hydrogen-bond acceptors (Lipinski definition) is 5. The molecule has 0 atom stereocenters. The molecule has 1 amide bonds. The number of methoxy groups -OCH3 is 1. The Morgan fingerprint density at radius 2 is 2.04 bits per heavy atom. The summed E-state index contributed by atoms with van der Waals surface area (Å²) >= 11 is 0. The van der Waals surface area contributed by atoms with Crippen LogP contribution in [0, 0.1) is 5.82 Å². The highest BCUT2D eigenvalue weighted by Gasteiger charge is 2.12. The molecule has 26 heavy (non-hydrogen) atoms. The van der Waals surface area contributed by atoms with Crippen LogP contribution in [0.15, 0.2) is 36.5 Å². The molecule has 2 aromatic rings. The number of carbonyl (C=O) groups is 1. The summed E-state index contributed by atoms with van der Waals surface area (Å²) in [5.41, 5.74) is 0.0121. The van der Waals surface area contributed by atoms with E-state index in [4.69, 9.17) is 9.47 Å². The van der Waals surface area contributed by atoms with Gasteiger partial charge in [0.25, 0.3) is 5.91 Å². The molecule has 0 saturated heterocycles. The monoisotopic (exact) mass is 370 g/mol. The summed E-state index contributed by atoms with van der Waals surface area (Å²) in [6.07, 6.45) is 1.98. The van der Waals surface area contributed by atoms with E-state index in [0.717, 1.165) is 18.2 Å². The summed E-state index contributed by atoms with van der Waals surface area (Å²) < 4.78 is 52.4. The minimum Gasteiger partial charge on any atom is -0.478 e. The zero-order valence-electron chi connectivity index (χ0n) is 13.9. The Morgan fingerprint density at radius 1 is 1.23 bits per heavy atom. The van der Waals surface area contributed by atoms with E-state index in [1.165, 1.54) is 18.3 Å². The first-order valence-electron chi connectivity index (χ1n) is 7.63. The lowest BCUT2D eigenvalue weighted by Gasteiger charge is -2.09. The maximum atomic E-state index is 13.9. The van der Waals surface area contributed by atoms with Crippen LogP contribution in [0.25, 0.3) is 0 Å². The van der Waals surface area contributed by atoms with Crippen LogP contribution in [0.3, 0.4) is 0 Å². The number of anilines is 1. The van der Waals surface area contributed by atoms with Gasteiger partial charge in [0.2, 0.25) is 5.88 Å². The molecule has 1 aromatic carbocycles. The second-order valence-electron chi connectivity index (χ2n) is 5.05. The Bertz CT molecular complexity index is 726. The summed E-state index contributed by atoms with van der Waals surface area (Å²) in [6.45, 7) is -2.08. The van der Waals surface area contributed by atoms with Gasteiger partial charge in [-0.05, 0) is 18.2 Å². The third-order valence-corrected chi connectivity index (χ3v) is 3.16. The van der Waals surface area contributed by atoms with E-state index in [2.05, 4.69) is 15.0 Å². The predicted octanol–water partition coefficient (Wildman–Crippen LogP) is 3.49. The van der Waals surface area contributed by atoms with E-state index in [1.54, 1.807) is 7.11 Å². The molecule has 0 aliphatic rings. The number of alkyl halides is 2. The zero-order chi connectivity index (χ0) is 18.9. The van der Waals surface area contributed by atoms with Gasteiger partial charge in [-0.2, -0.15) is 8.78 Å². The van der Waals surface area contributed by atoms with Gasteiger partial charge in [-0.3, -0.25) is 4.79 Å². The Hall–Kier alpha value is -2.81. The Morgan fingerprint density at radius 3 is 2.65 bits per heavy atom. The van der Waals surface area contributed by atoms with Crippen molar-refractivity contribution in [3.63, 3.8) is 0 Å². The average molecular weight is 370 g/mol. The molecule has 0 saturated carbocycles. The predicted molar refractivity (Wildman–Crippen MR) is 87.2 cm³/mol. The number of nitrogens with zero attached hydrogens (tertiary/aromatic N) is 1. The number of aromatic nitrogens is 1. The lowest BCUT2D eigenvalue weighted by molar-refractivity contribution is -0.0499. The van der Waals surface area contributed by atoms with Crippen molar-refractivity contribution in [3.05, 3.63) is 47.9 Å². The standard InChI is InChI=1S/C17H17F3N2O4/c1-24-7-2-8-25-15-6-3-11(10-21-15)16(23)22-14-5-4-12(9-13(14)18)26-17(19)20/h3-6,9-10,17H,2,7-8H2,1H3,(H,22,23). The second-order valence-corrected chi connectivity index (χ2v) is 5.05. The van der Waals surface area contributed by atoms with Crippen LogP contribution in [0.5, 0.6) is 11.6 Å². The molecule has 6 nitrogen and oxygen atoms in total. The Labute approximate surface area is 147 Å².